The Morgan fingerprint density at radius 2 is 1.85 bits per heavy atom. The van der Waals surface area contributed by atoms with Crippen LogP contribution in [0.25, 0.3) is 0 Å². The molecule has 0 fully saturated rings. The first-order valence-corrected chi connectivity index (χ1v) is 6.51. The van der Waals surface area contributed by atoms with Gasteiger partial charge in [-0.1, -0.05) is 26.8 Å². The maximum absolute atomic E-state index is 12.0. The molecule has 2 amide bonds. The Morgan fingerprint density at radius 1 is 1.25 bits per heavy atom. The van der Waals surface area contributed by atoms with Gasteiger partial charge in [-0.15, -0.1) is 0 Å². The lowest BCUT2D eigenvalue weighted by molar-refractivity contribution is -0.119. The fourth-order valence-corrected chi connectivity index (χ4v) is 1.60. The van der Waals surface area contributed by atoms with Crippen LogP contribution in [0.3, 0.4) is 0 Å². The van der Waals surface area contributed by atoms with Gasteiger partial charge in [0.05, 0.1) is 6.04 Å². The molecule has 110 valence electrons. The lowest BCUT2D eigenvalue weighted by atomic mass is 9.87. The number of nitrogens with zero attached hydrogens (tertiary/aromatic N) is 1. The zero-order valence-corrected chi connectivity index (χ0v) is 12.7. The number of benzene rings is 1. The Balaban J connectivity index is 2.87. The minimum Gasteiger partial charge on any atom is -0.345 e. The first-order valence-electron chi connectivity index (χ1n) is 6.51. The first-order chi connectivity index (χ1) is 9.12. The van der Waals surface area contributed by atoms with E-state index in [2.05, 4.69) is 5.32 Å². The van der Waals surface area contributed by atoms with Crippen molar-refractivity contribution in [3.8, 4) is 0 Å². The number of nitrogens with one attached hydrogen (secondary N) is 1. The average Bonchev–Trinajstić information content (AvgIpc) is 2.35. The van der Waals surface area contributed by atoms with Crippen molar-refractivity contribution in [1.29, 1.82) is 0 Å². The number of nitrogens with two attached hydrogens (primary N) is 1. The molecule has 1 aromatic rings. The molecule has 0 aliphatic rings. The summed E-state index contributed by atoms with van der Waals surface area (Å²) < 4.78 is 0. The van der Waals surface area contributed by atoms with Crippen LogP contribution < -0.4 is 11.1 Å². The molecule has 0 aromatic heterocycles. The molecule has 1 aromatic carbocycles. The number of carbonyl (C=O) groups excluding carboxylic acids is 2. The van der Waals surface area contributed by atoms with Crippen molar-refractivity contribution in [2.75, 3.05) is 19.4 Å². The second kappa shape index (κ2) is 6.05. The molecule has 1 rings (SSSR count). The number of anilines is 1. The van der Waals surface area contributed by atoms with Crippen LogP contribution in [0.5, 0.6) is 0 Å². The van der Waals surface area contributed by atoms with E-state index in [-0.39, 0.29) is 17.2 Å². The molecule has 5 nitrogen and oxygen atoms in total. The van der Waals surface area contributed by atoms with Crippen molar-refractivity contribution in [2.24, 2.45) is 11.1 Å². The predicted molar refractivity (Wildman–Crippen MR) is 80.5 cm³/mol. The van der Waals surface area contributed by atoms with Gasteiger partial charge < -0.3 is 16.0 Å². The Kier molecular flexibility index (Phi) is 4.89. The highest BCUT2D eigenvalue weighted by atomic mass is 16.2. The summed E-state index contributed by atoms with van der Waals surface area (Å²) in [5.74, 6) is -0.367. The standard InChI is InChI=1S/C15H23N3O2/c1-15(2,3)12(16)13(19)17-11-8-6-7-10(9-11)14(20)18(4)5/h6-9,12H,16H2,1-5H3,(H,17,19)/t12-/m0/s1. The van der Waals surface area contributed by atoms with Gasteiger partial charge in [0.15, 0.2) is 0 Å². The molecule has 0 saturated heterocycles. The van der Waals surface area contributed by atoms with Crippen molar-refractivity contribution in [2.45, 2.75) is 26.8 Å². The largest absolute Gasteiger partial charge is 0.345 e. The van der Waals surface area contributed by atoms with Gasteiger partial charge in [0.25, 0.3) is 5.91 Å². The lowest BCUT2D eigenvalue weighted by Gasteiger charge is -2.25. The highest BCUT2D eigenvalue weighted by Crippen LogP contribution is 2.19. The van der Waals surface area contributed by atoms with Gasteiger partial charge in [-0.2, -0.15) is 0 Å². The van der Waals surface area contributed by atoms with Gasteiger partial charge in [-0.05, 0) is 23.6 Å². The normalized spacial score (nSPS) is 12.7. The van der Waals surface area contributed by atoms with Crippen LogP contribution in [-0.4, -0.2) is 36.9 Å². The Morgan fingerprint density at radius 3 is 2.35 bits per heavy atom. The van der Waals surface area contributed by atoms with E-state index in [0.29, 0.717) is 11.3 Å². The van der Waals surface area contributed by atoms with Gasteiger partial charge in [-0.3, -0.25) is 9.59 Å². The predicted octanol–water partition coefficient (Wildman–Crippen LogP) is 1.70. The van der Waals surface area contributed by atoms with E-state index in [9.17, 15) is 9.59 Å². The molecule has 0 aliphatic carbocycles. The number of amides is 2. The van der Waals surface area contributed by atoms with Gasteiger partial charge in [0.2, 0.25) is 5.91 Å². The molecular weight excluding hydrogens is 254 g/mol. The molecule has 0 bridgehead atoms. The van der Waals surface area contributed by atoms with E-state index in [4.69, 9.17) is 5.73 Å². The topological polar surface area (TPSA) is 75.4 Å². The maximum atomic E-state index is 12.0. The van der Waals surface area contributed by atoms with E-state index in [0.717, 1.165) is 0 Å². The summed E-state index contributed by atoms with van der Waals surface area (Å²) >= 11 is 0. The van der Waals surface area contributed by atoms with Crippen molar-refractivity contribution in [1.82, 2.24) is 4.90 Å². The molecule has 20 heavy (non-hydrogen) atoms. The summed E-state index contributed by atoms with van der Waals surface area (Å²) in [6.45, 7) is 5.72. The zero-order valence-electron chi connectivity index (χ0n) is 12.7. The van der Waals surface area contributed by atoms with Crippen LogP contribution in [-0.2, 0) is 4.79 Å². The summed E-state index contributed by atoms with van der Waals surface area (Å²) in [6.07, 6.45) is 0. The van der Waals surface area contributed by atoms with Gasteiger partial charge in [-0.25, -0.2) is 0 Å². The second-order valence-electron chi connectivity index (χ2n) is 6.11. The molecule has 5 heteroatoms. The van der Waals surface area contributed by atoms with Crippen LogP contribution >= 0.6 is 0 Å². The minimum atomic E-state index is -0.615. The van der Waals surface area contributed by atoms with Crippen LogP contribution in [0.4, 0.5) is 5.69 Å². The van der Waals surface area contributed by atoms with E-state index < -0.39 is 6.04 Å². The van der Waals surface area contributed by atoms with Gasteiger partial charge in [0.1, 0.15) is 0 Å². The molecular formula is C15H23N3O2. The lowest BCUT2D eigenvalue weighted by Crippen LogP contribution is -2.45. The highest BCUT2D eigenvalue weighted by molar-refractivity contribution is 5.98. The highest BCUT2D eigenvalue weighted by Gasteiger charge is 2.27. The molecule has 3 N–H and O–H groups in total. The summed E-state index contributed by atoms with van der Waals surface area (Å²) in [6, 6.07) is 6.21. The second-order valence-corrected chi connectivity index (χ2v) is 6.11. The molecule has 0 unspecified atom stereocenters. The van der Waals surface area contributed by atoms with Crippen molar-refractivity contribution >= 4 is 17.5 Å². The number of rotatable bonds is 3. The number of hydrogen-bond acceptors (Lipinski definition) is 3. The van der Waals surface area contributed by atoms with Gasteiger partial charge in [0, 0.05) is 25.3 Å². The zero-order chi connectivity index (χ0) is 15.5. The number of carbonyl (C=O) groups is 2. The maximum Gasteiger partial charge on any atom is 0.253 e. The summed E-state index contributed by atoms with van der Waals surface area (Å²) in [7, 11) is 3.37. The van der Waals surface area contributed by atoms with Gasteiger partial charge >= 0.3 is 0 Å². The Hall–Kier alpha value is -1.88. The summed E-state index contributed by atoms with van der Waals surface area (Å²) in [5.41, 5.74) is 6.68. The van der Waals surface area contributed by atoms with Crippen LogP contribution in [0.2, 0.25) is 0 Å². The van der Waals surface area contributed by atoms with Crippen molar-refractivity contribution in [3.63, 3.8) is 0 Å². The first kappa shape index (κ1) is 16.2. The fourth-order valence-electron chi connectivity index (χ4n) is 1.60. The van der Waals surface area contributed by atoms with Crippen LogP contribution in [0.1, 0.15) is 31.1 Å². The Labute approximate surface area is 120 Å². The van der Waals surface area contributed by atoms with E-state index in [1.165, 1.54) is 4.90 Å². The molecule has 0 spiro atoms. The average molecular weight is 277 g/mol. The van der Waals surface area contributed by atoms with Crippen LogP contribution in [0, 0.1) is 5.41 Å². The molecule has 0 saturated carbocycles. The molecule has 1 atom stereocenters. The summed E-state index contributed by atoms with van der Waals surface area (Å²) in [5, 5.41) is 2.75. The third-order valence-electron chi connectivity index (χ3n) is 3.00. The molecule has 0 radical (unpaired) electrons. The summed E-state index contributed by atoms with van der Waals surface area (Å²) in [4.78, 5) is 25.4. The third kappa shape index (κ3) is 4.06. The molecule has 0 aliphatic heterocycles. The minimum absolute atomic E-state index is 0.110. The quantitative estimate of drug-likeness (QED) is 0.883. The molecule has 0 heterocycles. The van der Waals surface area contributed by atoms with E-state index >= 15 is 0 Å². The fraction of sp³-hybridized carbons (Fsp3) is 0.467. The Bertz CT molecular complexity index is 504. The van der Waals surface area contributed by atoms with Crippen molar-refractivity contribution in [3.05, 3.63) is 29.8 Å². The number of hydrogen-bond donors (Lipinski definition) is 2. The van der Waals surface area contributed by atoms with E-state index in [1.807, 2.05) is 20.8 Å². The van der Waals surface area contributed by atoms with Crippen molar-refractivity contribution < 1.29 is 9.59 Å². The SMILES string of the molecule is CN(C)C(=O)c1cccc(NC(=O)[C@H](N)C(C)(C)C)c1. The third-order valence-corrected chi connectivity index (χ3v) is 3.00. The smallest absolute Gasteiger partial charge is 0.253 e. The van der Waals surface area contributed by atoms with Crippen LogP contribution in [0.15, 0.2) is 24.3 Å². The van der Waals surface area contributed by atoms with E-state index in [1.54, 1.807) is 38.4 Å². The monoisotopic (exact) mass is 277 g/mol.